The van der Waals surface area contributed by atoms with Gasteiger partial charge in [-0.3, -0.25) is 9.59 Å². The van der Waals surface area contributed by atoms with Crippen molar-refractivity contribution in [3.8, 4) is 23.8 Å². The second-order valence-corrected chi connectivity index (χ2v) is 10.0. The number of aliphatic hydroxyl groups is 1. The molecule has 2 amide bonds. The summed E-state index contributed by atoms with van der Waals surface area (Å²) in [6.45, 7) is -0.294. The van der Waals surface area contributed by atoms with Gasteiger partial charge in [0.05, 0.1) is 19.8 Å². The Morgan fingerprint density at radius 3 is 2.63 bits per heavy atom. The number of hydrogen-bond acceptors (Lipinski definition) is 5. The Labute approximate surface area is 230 Å². The van der Waals surface area contributed by atoms with Crippen LogP contribution in [-0.2, 0) is 15.0 Å². The average Bonchev–Trinajstić information content (AvgIpc) is 3.18. The van der Waals surface area contributed by atoms with Crippen molar-refractivity contribution in [1.29, 1.82) is 0 Å². The van der Waals surface area contributed by atoms with Gasteiger partial charge in [0.1, 0.15) is 12.0 Å². The fourth-order valence-corrected chi connectivity index (χ4v) is 6.02. The van der Waals surface area contributed by atoms with E-state index in [-0.39, 0.29) is 37.2 Å². The average molecular weight is 551 g/mol. The molecular formula is C29H24Cl2N2O5. The van der Waals surface area contributed by atoms with E-state index in [0.717, 1.165) is 5.56 Å². The minimum atomic E-state index is -1.33. The molecule has 0 aliphatic carbocycles. The summed E-state index contributed by atoms with van der Waals surface area (Å²) in [5.41, 5.74) is 1.54. The maximum atomic E-state index is 14.2. The Bertz CT molecular complexity index is 1480. The minimum Gasteiger partial charge on any atom is -0.493 e. The van der Waals surface area contributed by atoms with E-state index in [9.17, 15) is 14.7 Å². The molecule has 3 atom stereocenters. The van der Waals surface area contributed by atoms with Crippen LogP contribution in [0.15, 0.2) is 54.6 Å². The third kappa shape index (κ3) is 4.15. The van der Waals surface area contributed by atoms with Crippen LogP contribution in [0.3, 0.4) is 0 Å². The summed E-state index contributed by atoms with van der Waals surface area (Å²) in [5, 5.41) is 16.5. The Balaban J connectivity index is 1.85. The summed E-state index contributed by atoms with van der Waals surface area (Å²) in [4.78, 5) is 27.5. The van der Waals surface area contributed by atoms with E-state index in [4.69, 9.17) is 39.1 Å². The predicted octanol–water partition coefficient (Wildman–Crippen LogP) is 4.59. The molecule has 7 nitrogen and oxygen atoms in total. The molecule has 2 aliphatic heterocycles. The van der Waals surface area contributed by atoms with Crippen LogP contribution in [0.5, 0.6) is 11.5 Å². The number of carbonyl (C=O) groups excluding carboxylic acids is 2. The molecular weight excluding hydrogens is 527 g/mol. The van der Waals surface area contributed by atoms with Gasteiger partial charge in [0.15, 0.2) is 11.5 Å². The fraction of sp³-hybridized carbons (Fsp3) is 0.241. The lowest BCUT2D eigenvalue weighted by Gasteiger charge is -2.46. The summed E-state index contributed by atoms with van der Waals surface area (Å²) in [5.74, 6) is 2.01. The van der Waals surface area contributed by atoms with Gasteiger partial charge in [-0.15, -0.1) is 6.42 Å². The van der Waals surface area contributed by atoms with Crippen molar-refractivity contribution in [3.05, 3.63) is 86.9 Å². The van der Waals surface area contributed by atoms with Crippen molar-refractivity contribution >= 4 is 40.7 Å². The Kier molecular flexibility index (Phi) is 6.97. The lowest BCUT2D eigenvalue weighted by molar-refractivity contribution is -0.131. The second kappa shape index (κ2) is 10.2. The molecule has 3 N–H and O–H groups in total. The number of nitrogens with one attached hydrogen (secondary N) is 2. The number of fused-ring (bicyclic) bond motifs is 2. The third-order valence-electron chi connectivity index (χ3n) is 7.12. The first-order valence-corrected chi connectivity index (χ1v) is 12.7. The van der Waals surface area contributed by atoms with Crippen molar-refractivity contribution < 1.29 is 24.2 Å². The Hall–Kier alpha value is -3.70. The van der Waals surface area contributed by atoms with Crippen LogP contribution < -0.4 is 20.1 Å². The van der Waals surface area contributed by atoms with Gasteiger partial charge in [-0.2, -0.15) is 0 Å². The molecule has 1 spiro atoms. The third-order valence-corrected chi connectivity index (χ3v) is 7.59. The van der Waals surface area contributed by atoms with E-state index in [2.05, 4.69) is 16.6 Å². The predicted molar refractivity (Wildman–Crippen MR) is 145 cm³/mol. The summed E-state index contributed by atoms with van der Waals surface area (Å²) in [7, 11) is 1.47. The zero-order chi connectivity index (χ0) is 27.0. The molecule has 3 aromatic carbocycles. The van der Waals surface area contributed by atoms with Gasteiger partial charge in [0, 0.05) is 39.2 Å². The molecule has 3 aromatic rings. The molecule has 0 bridgehead atoms. The highest BCUT2D eigenvalue weighted by molar-refractivity contribution is 6.31. The summed E-state index contributed by atoms with van der Waals surface area (Å²) >= 11 is 12.7. The van der Waals surface area contributed by atoms with E-state index >= 15 is 0 Å². The number of terminal acetylenes is 1. The normalized spacial score (nSPS) is 21.9. The molecule has 2 heterocycles. The van der Waals surface area contributed by atoms with E-state index in [1.807, 2.05) is 6.07 Å². The van der Waals surface area contributed by atoms with Crippen molar-refractivity contribution in [3.63, 3.8) is 0 Å². The fourth-order valence-electron chi connectivity index (χ4n) is 5.64. The topological polar surface area (TPSA) is 96.9 Å². The van der Waals surface area contributed by atoms with Crippen molar-refractivity contribution in [2.75, 3.05) is 25.6 Å². The summed E-state index contributed by atoms with van der Waals surface area (Å²) < 4.78 is 11.5. The van der Waals surface area contributed by atoms with Crippen LogP contribution in [0.25, 0.3) is 0 Å². The van der Waals surface area contributed by atoms with E-state index < -0.39 is 17.4 Å². The monoisotopic (exact) mass is 550 g/mol. The van der Waals surface area contributed by atoms with Gasteiger partial charge in [-0.05, 0) is 47.5 Å². The number of ether oxygens (including phenoxy) is 2. The number of halogens is 2. The number of anilines is 1. The first kappa shape index (κ1) is 25.9. The lowest BCUT2D eigenvalue weighted by Crippen LogP contribution is -2.57. The first-order valence-electron chi connectivity index (χ1n) is 11.9. The standard InChI is InChI=1S/C29H24Cl2N2O5/c1-3-16-11-20(26(38-10-9-34)24(12-16)37-2)27-29(21-8-7-19(31)14-23(21)32-28(29)36)22(15-25(35)33-27)17-5-4-6-18(30)13-17/h1,4-8,11-14,22,27,34H,9-10,15H2,2H3,(H,32,36)(H,33,35)/t22-,27+,29-/m0/s1. The van der Waals surface area contributed by atoms with Gasteiger partial charge in [0.2, 0.25) is 11.8 Å². The van der Waals surface area contributed by atoms with E-state index in [0.29, 0.717) is 38.2 Å². The molecule has 1 fully saturated rings. The highest BCUT2D eigenvalue weighted by Crippen LogP contribution is 2.59. The highest BCUT2D eigenvalue weighted by atomic mass is 35.5. The van der Waals surface area contributed by atoms with Gasteiger partial charge in [-0.1, -0.05) is 47.3 Å². The van der Waals surface area contributed by atoms with Crippen LogP contribution in [0, 0.1) is 12.3 Å². The molecule has 9 heteroatoms. The van der Waals surface area contributed by atoms with Crippen LogP contribution >= 0.6 is 23.2 Å². The maximum Gasteiger partial charge on any atom is 0.238 e. The molecule has 1 saturated heterocycles. The molecule has 194 valence electrons. The van der Waals surface area contributed by atoms with Crippen LogP contribution in [0.4, 0.5) is 5.69 Å². The molecule has 0 radical (unpaired) electrons. The van der Waals surface area contributed by atoms with Crippen molar-refractivity contribution in [2.45, 2.75) is 23.8 Å². The van der Waals surface area contributed by atoms with Crippen LogP contribution in [0.1, 0.15) is 40.6 Å². The van der Waals surface area contributed by atoms with Crippen molar-refractivity contribution in [1.82, 2.24) is 5.32 Å². The molecule has 5 rings (SSSR count). The van der Waals surface area contributed by atoms with Gasteiger partial charge >= 0.3 is 0 Å². The number of hydrogen-bond donors (Lipinski definition) is 3. The molecule has 0 aromatic heterocycles. The number of amides is 2. The summed E-state index contributed by atoms with van der Waals surface area (Å²) in [6, 6.07) is 14.8. The van der Waals surface area contributed by atoms with Crippen LogP contribution in [-0.4, -0.2) is 37.2 Å². The number of carbonyl (C=O) groups is 2. The number of piperidine rings is 1. The van der Waals surface area contributed by atoms with E-state index in [1.165, 1.54) is 7.11 Å². The highest BCUT2D eigenvalue weighted by Gasteiger charge is 2.61. The molecule has 38 heavy (non-hydrogen) atoms. The smallest absolute Gasteiger partial charge is 0.238 e. The van der Waals surface area contributed by atoms with Crippen molar-refractivity contribution in [2.24, 2.45) is 0 Å². The molecule has 0 unspecified atom stereocenters. The Morgan fingerprint density at radius 2 is 1.92 bits per heavy atom. The number of benzene rings is 3. The zero-order valence-electron chi connectivity index (χ0n) is 20.4. The second-order valence-electron chi connectivity index (χ2n) is 9.14. The number of rotatable bonds is 6. The van der Waals surface area contributed by atoms with Crippen LogP contribution in [0.2, 0.25) is 10.0 Å². The quantitative estimate of drug-likeness (QED) is 0.390. The van der Waals surface area contributed by atoms with Gasteiger partial charge < -0.3 is 25.2 Å². The number of methoxy groups -OCH3 is 1. The van der Waals surface area contributed by atoms with E-state index in [1.54, 1.807) is 48.5 Å². The lowest BCUT2D eigenvalue weighted by atomic mass is 9.59. The SMILES string of the molecule is C#Cc1cc(OC)c(OCCO)c([C@H]2NC(=O)C[C@@H](c3cccc(Cl)c3)[C@]23C(=O)Nc2cc(Cl)ccc23)c1. The number of aliphatic hydroxyl groups excluding tert-OH is 1. The zero-order valence-corrected chi connectivity index (χ0v) is 21.9. The van der Waals surface area contributed by atoms with Gasteiger partial charge in [0.25, 0.3) is 0 Å². The maximum absolute atomic E-state index is 14.2. The Morgan fingerprint density at radius 1 is 1.13 bits per heavy atom. The minimum absolute atomic E-state index is 0.0329. The van der Waals surface area contributed by atoms with Gasteiger partial charge in [-0.25, -0.2) is 0 Å². The molecule has 2 aliphatic rings. The summed E-state index contributed by atoms with van der Waals surface area (Å²) in [6.07, 6.45) is 5.80. The first-order chi connectivity index (χ1) is 18.3. The molecule has 0 saturated carbocycles. The largest absolute Gasteiger partial charge is 0.493 e.